The Kier molecular flexibility index (Phi) is 5.37. The van der Waals surface area contributed by atoms with Crippen LogP contribution in [0.15, 0.2) is 48.7 Å². The number of ketones is 1. The predicted octanol–water partition coefficient (Wildman–Crippen LogP) is 4.04. The highest BCUT2D eigenvalue weighted by Gasteiger charge is 2.19. The molecule has 0 aliphatic heterocycles. The van der Waals surface area contributed by atoms with E-state index in [4.69, 9.17) is 21.4 Å². The molecule has 0 amide bonds. The Hall–Kier alpha value is -3.32. The van der Waals surface area contributed by atoms with Crippen molar-refractivity contribution >= 4 is 40.0 Å². The molecule has 2 N–H and O–H groups in total. The van der Waals surface area contributed by atoms with Gasteiger partial charge in [-0.1, -0.05) is 17.7 Å². The first kappa shape index (κ1) is 19.4. The second kappa shape index (κ2) is 7.74. The molecule has 6 nitrogen and oxygen atoms in total. The molecule has 2 aromatic carbocycles. The van der Waals surface area contributed by atoms with Crippen LogP contribution in [0, 0.1) is 5.82 Å². The first-order chi connectivity index (χ1) is 13.3. The van der Waals surface area contributed by atoms with Gasteiger partial charge in [-0.05, 0) is 35.9 Å². The first-order valence-corrected chi connectivity index (χ1v) is 8.47. The van der Waals surface area contributed by atoms with E-state index in [1.165, 1.54) is 31.5 Å². The van der Waals surface area contributed by atoms with E-state index in [1.807, 2.05) is 0 Å². The van der Waals surface area contributed by atoms with Crippen LogP contribution < -0.4 is 4.74 Å². The number of benzene rings is 2. The number of halogens is 2. The summed E-state index contributed by atoms with van der Waals surface area (Å²) in [7, 11) is 1.45. The molecule has 8 heteroatoms. The summed E-state index contributed by atoms with van der Waals surface area (Å²) in [6.45, 7) is 0.181. The lowest BCUT2D eigenvalue weighted by atomic mass is 10.1. The fourth-order valence-electron chi connectivity index (χ4n) is 2.93. The van der Waals surface area contributed by atoms with Crippen molar-refractivity contribution < 1.29 is 28.9 Å². The van der Waals surface area contributed by atoms with E-state index < -0.39 is 23.3 Å². The number of carboxylic acid groups (broad SMARTS) is 1. The Balaban J connectivity index is 2.19. The number of fused-ring (bicyclic) bond motifs is 1. The standard InChI is InChI=1S/C20H15ClFNO5/c1-28-18-4-2-3-15-19(18)13(16(24)8-17(25)20(26)27)10-23(15)9-11-7-12(22)5-6-14(11)21/h2-8,10,24H,9H2,1H3,(H,26,27). The maximum absolute atomic E-state index is 13.6. The van der Waals surface area contributed by atoms with Crippen LogP contribution in [0.3, 0.4) is 0 Å². The van der Waals surface area contributed by atoms with Crippen molar-refractivity contribution in [1.82, 2.24) is 4.57 Å². The van der Waals surface area contributed by atoms with Crippen LogP contribution in [0.1, 0.15) is 11.1 Å². The number of hydrogen-bond acceptors (Lipinski definition) is 4. The van der Waals surface area contributed by atoms with E-state index in [9.17, 15) is 19.1 Å². The largest absolute Gasteiger partial charge is 0.507 e. The van der Waals surface area contributed by atoms with Gasteiger partial charge in [0.1, 0.15) is 17.3 Å². The van der Waals surface area contributed by atoms with E-state index in [0.29, 0.717) is 33.3 Å². The molecule has 0 fully saturated rings. The number of aliphatic hydroxyl groups is 1. The van der Waals surface area contributed by atoms with Crippen LogP contribution in [0.4, 0.5) is 4.39 Å². The predicted molar refractivity (Wildman–Crippen MR) is 102 cm³/mol. The summed E-state index contributed by atoms with van der Waals surface area (Å²) in [5.41, 5.74) is 1.34. The molecule has 0 saturated heterocycles. The van der Waals surface area contributed by atoms with Crippen LogP contribution in [0.5, 0.6) is 5.75 Å². The van der Waals surface area contributed by atoms with Crippen molar-refractivity contribution in [2.24, 2.45) is 0 Å². The quantitative estimate of drug-likeness (QED) is 0.368. The Bertz CT molecular complexity index is 1120. The topological polar surface area (TPSA) is 88.8 Å². The number of nitrogens with zero attached hydrogens (tertiary/aromatic N) is 1. The molecule has 0 aliphatic carbocycles. The number of carbonyl (C=O) groups excluding carboxylic acids is 1. The van der Waals surface area contributed by atoms with Gasteiger partial charge in [0, 0.05) is 29.4 Å². The minimum atomic E-state index is -1.69. The van der Waals surface area contributed by atoms with Crippen LogP contribution in [0.25, 0.3) is 16.7 Å². The Morgan fingerprint density at radius 2 is 2.00 bits per heavy atom. The molecular formula is C20H15ClFNO5. The lowest BCUT2D eigenvalue weighted by Gasteiger charge is -2.08. The third-order valence-corrected chi connectivity index (χ3v) is 4.56. The maximum Gasteiger partial charge on any atom is 0.376 e. The van der Waals surface area contributed by atoms with Crippen LogP contribution in [-0.4, -0.2) is 33.6 Å². The van der Waals surface area contributed by atoms with E-state index in [1.54, 1.807) is 22.8 Å². The zero-order chi connectivity index (χ0) is 20.4. The number of rotatable bonds is 6. The fraction of sp³-hybridized carbons (Fsp3) is 0.100. The van der Waals surface area contributed by atoms with E-state index in [2.05, 4.69) is 0 Å². The molecule has 0 spiro atoms. The lowest BCUT2D eigenvalue weighted by molar-refractivity contribution is -0.146. The molecule has 28 heavy (non-hydrogen) atoms. The number of methoxy groups -OCH3 is 1. The van der Waals surface area contributed by atoms with Gasteiger partial charge < -0.3 is 19.5 Å². The highest BCUT2D eigenvalue weighted by molar-refractivity contribution is 6.38. The summed E-state index contributed by atoms with van der Waals surface area (Å²) in [5.74, 6) is -3.50. The average molecular weight is 404 g/mol. The monoisotopic (exact) mass is 403 g/mol. The molecule has 144 valence electrons. The van der Waals surface area contributed by atoms with Gasteiger partial charge in [-0.3, -0.25) is 4.79 Å². The van der Waals surface area contributed by atoms with Gasteiger partial charge >= 0.3 is 5.97 Å². The average Bonchev–Trinajstić information content (AvgIpc) is 3.03. The van der Waals surface area contributed by atoms with E-state index in [-0.39, 0.29) is 12.1 Å². The normalized spacial score (nSPS) is 11.6. The third-order valence-electron chi connectivity index (χ3n) is 4.19. The van der Waals surface area contributed by atoms with Crippen molar-refractivity contribution in [2.45, 2.75) is 6.54 Å². The zero-order valence-electron chi connectivity index (χ0n) is 14.6. The molecule has 1 aromatic heterocycles. The molecule has 0 unspecified atom stereocenters. The number of hydrogen-bond donors (Lipinski definition) is 2. The molecule has 0 saturated carbocycles. The van der Waals surface area contributed by atoms with Gasteiger partial charge in [-0.15, -0.1) is 0 Å². The Morgan fingerprint density at radius 1 is 1.25 bits per heavy atom. The molecule has 1 heterocycles. The minimum absolute atomic E-state index is 0.181. The summed E-state index contributed by atoms with van der Waals surface area (Å²) in [6, 6.07) is 9.15. The SMILES string of the molecule is COc1cccc2c1c(C(O)=CC(=O)C(=O)O)cn2Cc1cc(F)ccc1Cl. The molecular weight excluding hydrogens is 389 g/mol. The van der Waals surface area contributed by atoms with Crippen molar-refractivity contribution in [3.8, 4) is 5.75 Å². The maximum atomic E-state index is 13.6. The molecule has 0 atom stereocenters. The van der Waals surface area contributed by atoms with Crippen LogP contribution in [0.2, 0.25) is 5.02 Å². The van der Waals surface area contributed by atoms with Gasteiger partial charge in [-0.2, -0.15) is 0 Å². The minimum Gasteiger partial charge on any atom is -0.507 e. The molecule has 3 aromatic rings. The third kappa shape index (κ3) is 3.70. The summed E-state index contributed by atoms with van der Waals surface area (Å²) in [5, 5.41) is 20.0. The number of aliphatic carboxylic acids is 1. The molecule has 0 bridgehead atoms. The Morgan fingerprint density at radius 3 is 2.68 bits per heavy atom. The second-order valence-electron chi connectivity index (χ2n) is 5.96. The van der Waals surface area contributed by atoms with Crippen molar-refractivity contribution in [1.29, 1.82) is 0 Å². The second-order valence-corrected chi connectivity index (χ2v) is 6.37. The first-order valence-electron chi connectivity index (χ1n) is 8.10. The number of carboxylic acids is 1. The van der Waals surface area contributed by atoms with Gasteiger partial charge in [-0.25, -0.2) is 9.18 Å². The number of aromatic nitrogens is 1. The fourth-order valence-corrected chi connectivity index (χ4v) is 3.10. The summed E-state index contributed by atoms with van der Waals surface area (Å²) in [4.78, 5) is 22.2. The summed E-state index contributed by atoms with van der Waals surface area (Å²) < 4.78 is 20.6. The number of aliphatic hydroxyl groups excluding tert-OH is 1. The van der Waals surface area contributed by atoms with Crippen LogP contribution >= 0.6 is 11.6 Å². The summed E-state index contributed by atoms with van der Waals surface area (Å²) >= 11 is 6.15. The smallest absolute Gasteiger partial charge is 0.376 e. The highest BCUT2D eigenvalue weighted by Crippen LogP contribution is 2.34. The zero-order valence-corrected chi connectivity index (χ0v) is 15.4. The molecule has 0 aliphatic rings. The van der Waals surface area contributed by atoms with Crippen molar-refractivity contribution in [3.63, 3.8) is 0 Å². The van der Waals surface area contributed by atoms with Crippen LogP contribution in [-0.2, 0) is 16.1 Å². The lowest BCUT2D eigenvalue weighted by Crippen LogP contribution is -2.09. The Labute approximate surface area is 164 Å². The van der Waals surface area contributed by atoms with Gasteiger partial charge in [0.05, 0.1) is 18.0 Å². The summed E-state index contributed by atoms with van der Waals surface area (Å²) in [6.07, 6.45) is 2.15. The number of ether oxygens (including phenoxy) is 1. The molecule has 3 rings (SSSR count). The van der Waals surface area contributed by atoms with E-state index >= 15 is 0 Å². The van der Waals surface area contributed by atoms with Gasteiger partial charge in [0.25, 0.3) is 5.78 Å². The van der Waals surface area contributed by atoms with Gasteiger partial charge in [0.15, 0.2) is 0 Å². The van der Waals surface area contributed by atoms with E-state index in [0.717, 1.165) is 0 Å². The van der Waals surface area contributed by atoms with Crippen molar-refractivity contribution in [2.75, 3.05) is 7.11 Å². The van der Waals surface area contributed by atoms with Crippen molar-refractivity contribution in [3.05, 3.63) is 70.6 Å². The van der Waals surface area contributed by atoms with Gasteiger partial charge in [0.2, 0.25) is 0 Å². The highest BCUT2D eigenvalue weighted by atomic mass is 35.5. The molecule has 0 radical (unpaired) electrons. The number of carbonyl (C=O) groups is 2.